The molecule has 0 saturated heterocycles. The van der Waals surface area contributed by atoms with E-state index in [1.807, 2.05) is 43.4 Å². The normalized spacial score (nSPS) is 11.2. The molecular weight excluding hydrogens is 364 g/mol. The molecule has 0 aliphatic heterocycles. The monoisotopic (exact) mass is 386 g/mol. The van der Waals surface area contributed by atoms with Crippen LogP contribution in [-0.2, 0) is 6.54 Å². The van der Waals surface area contributed by atoms with E-state index in [0.717, 1.165) is 33.5 Å². The Bertz CT molecular complexity index is 929. The molecule has 27 heavy (non-hydrogen) atoms. The number of pyridine rings is 1. The molecule has 1 heterocycles. The number of hydrogen-bond donors (Lipinski definition) is 1. The molecule has 142 valence electrons. The summed E-state index contributed by atoms with van der Waals surface area (Å²) < 4.78 is 11.0. The van der Waals surface area contributed by atoms with Crippen LogP contribution in [0.1, 0.15) is 5.56 Å². The van der Waals surface area contributed by atoms with Gasteiger partial charge >= 0.3 is 0 Å². The van der Waals surface area contributed by atoms with Gasteiger partial charge in [-0.1, -0.05) is 23.7 Å². The first-order chi connectivity index (χ1) is 13.1. The average molecular weight is 387 g/mol. The van der Waals surface area contributed by atoms with Crippen LogP contribution in [0.5, 0.6) is 11.5 Å². The van der Waals surface area contributed by atoms with Crippen LogP contribution >= 0.6 is 11.6 Å². The van der Waals surface area contributed by atoms with Crippen molar-refractivity contribution < 1.29 is 14.6 Å². The molecule has 3 rings (SSSR count). The molecule has 0 aliphatic carbocycles. The first-order valence-corrected chi connectivity index (χ1v) is 9.05. The molecule has 1 aromatic heterocycles. The molecule has 0 radical (unpaired) electrons. The van der Waals surface area contributed by atoms with Gasteiger partial charge in [0.25, 0.3) is 0 Å². The zero-order chi connectivity index (χ0) is 19.4. The molecule has 0 spiro atoms. The minimum absolute atomic E-state index is 0.102. The lowest BCUT2D eigenvalue weighted by molar-refractivity contribution is 0.217. The Kier molecular flexibility index (Phi) is 6.16. The SMILES string of the molecule is COc1ccc(OC)c2nc(-c3ccc(Cl)cc3)c(CN(C)CCO)cc12. The molecule has 0 bridgehead atoms. The lowest BCUT2D eigenvalue weighted by Crippen LogP contribution is -2.22. The summed E-state index contributed by atoms with van der Waals surface area (Å²) in [4.78, 5) is 6.98. The van der Waals surface area contributed by atoms with E-state index in [1.54, 1.807) is 14.2 Å². The topological polar surface area (TPSA) is 54.8 Å². The third-order valence-electron chi connectivity index (χ3n) is 4.47. The standard InChI is InChI=1S/C21H23ClN2O3/c1-24(10-11-25)13-15-12-17-18(26-2)8-9-19(27-3)21(17)23-20(15)14-4-6-16(22)7-5-14/h4-9,12,25H,10-11,13H2,1-3H3. The number of fused-ring (bicyclic) bond motifs is 1. The number of aliphatic hydroxyl groups is 1. The highest BCUT2D eigenvalue weighted by Crippen LogP contribution is 2.36. The average Bonchev–Trinajstić information content (AvgIpc) is 2.67. The van der Waals surface area contributed by atoms with Gasteiger partial charge in [0.1, 0.15) is 17.0 Å². The molecule has 2 aromatic carbocycles. The van der Waals surface area contributed by atoms with Crippen LogP contribution in [-0.4, -0.2) is 49.4 Å². The number of likely N-dealkylation sites (N-methyl/N-ethyl adjacent to an activating group) is 1. The van der Waals surface area contributed by atoms with Crippen LogP contribution in [0, 0.1) is 0 Å². The third kappa shape index (κ3) is 4.16. The second kappa shape index (κ2) is 8.57. The molecule has 0 saturated carbocycles. The summed E-state index contributed by atoms with van der Waals surface area (Å²) in [5.41, 5.74) is 3.61. The Hall–Kier alpha value is -2.34. The fraction of sp³-hybridized carbons (Fsp3) is 0.286. The molecule has 0 atom stereocenters. The van der Waals surface area contributed by atoms with Crippen LogP contribution in [0.4, 0.5) is 0 Å². The predicted molar refractivity (Wildman–Crippen MR) is 109 cm³/mol. The van der Waals surface area contributed by atoms with Crippen LogP contribution in [0.3, 0.4) is 0 Å². The van der Waals surface area contributed by atoms with E-state index >= 15 is 0 Å². The van der Waals surface area contributed by atoms with Crippen molar-refractivity contribution in [1.82, 2.24) is 9.88 Å². The van der Waals surface area contributed by atoms with Gasteiger partial charge in [-0.15, -0.1) is 0 Å². The van der Waals surface area contributed by atoms with Crippen molar-refractivity contribution >= 4 is 22.5 Å². The molecule has 0 fully saturated rings. The van der Waals surface area contributed by atoms with Crippen molar-refractivity contribution in [2.24, 2.45) is 0 Å². The van der Waals surface area contributed by atoms with Crippen molar-refractivity contribution in [3.8, 4) is 22.8 Å². The van der Waals surface area contributed by atoms with Gasteiger partial charge in [0.05, 0.1) is 26.5 Å². The van der Waals surface area contributed by atoms with E-state index in [1.165, 1.54) is 0 Å². The molecule has 5 nitrogen and oxygen atoms in total. The van der Waals surface area contributed by atoms with Crippen molar-refractivity contribution in [1.29, 1.82) is 0 Å². The summed E-state index contributed by atoms with van der Waals surface area (Å²) in [5.74, 6) is 1.43. The highest BCUT2D eigenvalue weighted by atomic mass is 35.5. The van der Waals surface area contributed by atoms with Crippen molar-refractivity contribution in [3.63, 3.8) is 0 Å². The summed E-state index contributed by atoms with van der Waals surface area (Å²) in [5, 5.41) is 10.8. The van der Waals surface area contributed by atoms with E-state index in [0.29, 0.717) is 23.9 Å². The van der Waals surface area contributed by atoms with Crippen LogP contribution < -0.4 is 9.47 Å². The number of rotatable bonds is 7. The second-order valence-electron chi connectivity index (χ2n) is 6.33. The molecular formula is C21H23ClN2O3. The van der Waals surface area contributed by atoms with Gasteiger partial charge in [0, 0.05) is 29.1 Å². The number of nitrogens with zero attached hydrogens (tertiary/aromatic N) is 2. The number of halogens is 1. The lowest BCUT2D eigenvalue weighted by Gasteiger charge is -2.19. The Morgan fingerprint density at radius 2 is 1.70 bits per heavy atom. The van der Waals surface area contributed by atoms with Crippen molar-refractivity contribution in [2.45, 2.75) is 6.54 Å². The first kappa shape index (κ1) is 19.4. The Labute approximate surface area is 164 Å². The van der Waals surface area contributed by atoms with Gasteiger partial charge < -0.3 is 14.6 Å². The largest absolute Gasteiger partial charge is 0.496 e. The summed E-state index contributed by atoms with van der Waals surface area (Å²) in [6.45, 7) is 1.32. The highest BCUT2D eigenvalue weighted by molar-refractivity contribution is 6.30. The minimum atomic E-state index is 0.102. The summed E-state index contributed by atoms with van der Waals surface area (Å²) >= 11 is 6.05. The van der Waals surface area contributed by atoms with Gasteiger partial charge in [-0.05, 0) is 42.9 Å². The fourth-order valence-corrected chi connectivity index (χ4v) is 3.24. The van der Waals surface area contributed by atoms with E-state index in [4.69, 9.17) is 26.1 Å². The van der Waals surface area contributed by atoms with Crippen LogP contribution in [0.15, 0.2) is 42.5 Å². The molecule has 0 aliphatic rings. The van der Waals surface area contributed by atoms with Gasteiger partial charge in [0.15, 0.2) is 0 Å². The summed E-state index contributed by atoms with van der Waals surface area (Å²) in [6, 6.07) is 13.4. The first-order valence-electron chi connectivity index (χ1n) is 8.67. The van der Waals surface area contributed by atoms with Crippen molar-refractivity contribution in [2.75, 3.05) is 34.4 Å². The third-order valence-corrected chi connectivity index (χ3v) is 4.72. The predicted octanol–water partition coefficient (Wildman–Crippen LogP) is 4.00. The van der Waals surface area contributed by atoms with E-state index in [9.17, 15) is 5.11 Å². The summed E-state index contributed by atoms with van der Waals surface area (Å²) in [7, 11) is 5.24. The number of methoxy groups -OCH3 is 2. The minimum Gasteiger partial charge on any atom is -0.496 e. The molecule has 1 N–H and O–H groups in total. The van der Waals surface area contributed by atoms with Gasteiger partial charge in [-0.25, -0.2) is 4.98 Å². The lowest BCUT2D eigenvalue weighted by atomic mass is 10.0. The number of ether oxygens (including phenoxy) is 2. The van der Waals surface area contributed by atoms with Gasteiger partial charge in [-0.3, -0.25) is 4.90 Å². The van der Waals surface area contributed by atoms with Gasteiger partial charge in [0.2, 0.25) is 0 Å². The number of benzene rings is 2. The molecule has 0 amide bonds. The summed E-state index contributed by atoms with van der Waals surface area (Å²) in [6.07, 6.45) is 0. The van der Waals surface area contributed by atoms with Crippen LogP contribution in [0.25, 0.3) is 22.2 Å². The number of aromatic nitrogens is 1. The van der Waals surface area contributed by atoms with Crippen LogP contribution in [0.2, 0.25) is 5.02 Å². The Morgan fingerprint density at radius 3 is 2.33 bits per heavy atom. The quantitative estimate of drug-likeness (QED) is 0.665. The van der Waals surface area contributed by atoms with Gasteiger partial charge in [-0.2, -0.15) is 0 Å². The molecule has 0 unspecified atom stereocenters. The Balaban J connectivity index is 2.24. The number of hydrogen-bond acceptors (Lipinski definition) is 5. The molecule has 3 aromatic rings. The smallest absolute Gasteiger partial charge is 0.145 e. The highest BCUT2D eigenvalue weighted by Gasteiger charge is 2.16. The zero-order valence-corrected chi connectivity index (χ0v) is 16.5. The molecule has 6 heteroatoms. The Morgan fingerprint density at radius 1 is 1.04 bits per heavy atom. The van der Waals surface area contributed by atoms with E-state index in [2.05, 4.69) is 11.0 Å². The fourth-order valence-electron chi connectivity index (χ4n) is 3.11. The maximum atomic E-state index is 9.25. The number of aliphatic hydroxyl groups excluding tert-OH is 1. The van der Waals surface area contributed by atoms with E-state index in [-0.39, 0.29) is 6.61 Å². The van der Waals surface area contributed by atoms with E-state index < -0.39 is 0 Å². The maximum absolute atomic E-state index is 9.25. The zero-order valence-electron chi connectivity index (χ0n) is 15.7. The maximum Gasteiger partial charge on any atom is 0.145 e. The van der Waals surface area contributed by atoms with Crippen molar-refractivity contribution in [3.05, 3.63) is 53.1 Å². The second-order valence-corrected chi connectivity index (χ2v) is 6.77.